The number of para-hydroxylation sites is 1. The number of hydrogen-bond donors (Lipinski definition) is 1. The first-order valence-electron chi connectivity index (χ1n) is 11.9. The Labute approximate surface area is 205 Å². The van der Waals surface area contributed by atoms with E-state index in [4.69, 9.17) is 21.3 Å². The molecule has 0 spiro atoms. The normalized spacial score (nSPS) is 15.6. The van der Waals surface area contributed by atoms with Crippen molar-refractivity contribution in [3.05, 3.63) is 75.9 Å². The number of esters is 1. The van der Waals surface area contributed by atoms with Gasteiger partial charge in [-0.2, -0.15) is 0 Å². The third-order valence-electron chi connectivity index (χ3n) is 7.25. The van der Waals surface area contributed by atoms with E-state index in [1.165, 1.54) is 0 Å². The average Bonchev–Trinajstić information content (AvgIpc) is 2.84. The third-order valence-corrected chi connectivity index (χ3v) is 7.62. The van der Waals surface area contributed by atoms with Gasteiger partial charge >= 0.3 is 5.97 Å². The van der Waals surface area contributed by atoms with Crippen molar-refractivity contribution in [3.63, 3.8) is 0 Å². The van der Waals surface area contributed by atoms with E-state index < -0.39 is 5.97 Å². The van der Waals surface area contributed by atoms with Crippen molar-refractivity contribution in [2.24, 2.45) is 11.3 Å². The molecule has 34 heavy (non-hydrogen) atoms. The van der Waals surface area contributed by atoms with Crippen LogP contribution in [0, 0.1) is 11.3 Å². The van der Waals surface area contributed by atoms with Crippen molar-refractivity contribution in [1.82, 2.24) is 10.3 Å². The van der Waals surface area contributed by atoms with Crippen LogP contribution in [-0.2, 0) is 28.9 Å². The molecule has 0 fully saturated rings. The lowest BCUT2D eigenvalue weighted by atomic mass is 9.68. The molecule has 1 heterocycles. The predicted molar refractivity (Wildman–Crippen MR) is 135 cm³/mol. The quantitative estimate of drug-likeness (QED) is 0.429. The molecule has 1 aliphatic rings. The second-order valence-electron chi connectivity index (χ2n) is 9.66. The van der Waals surface area contributed by atoms with Crippen LogP contribution in [-0.4, -0.2) is 23.5 Å². The van der Waals surface area contributed by atoms with Crippen molar-refractivity contribution < 1.29 is 14.3 Å². The first-order valence-corrected chi connectivity index (χ1v) is 12.3. The number of aryl methyl sites for hydroxylation is 1. The summed E-state index contributed by atoms with van der Waals surface area (Å²) in [6.45, 7) is 6.72. The molecule has 1 N–H and O–H groups in total. The van der Waals surface area contributed by atoms with Crippen LogP contribution in [0.5, 0.6) is 0 Å². The van der Waals surface area contributed by atoms with Crippen LogP contribution in [0.1, 0.15) is 60.8 Å². The zero-order chi connectivity index (χ0) is 24.3. The number of nitrogens with zero attached hydrogens (tertiary/aromatic N) is 1. The largest absolute Gasteiger partial charge is 0.452 e. The molecule has 1 amide bonds. The highest BCUT2D eigenvalue weighted by molar-refractivity contribution is 6.31. The maximum absolute atomic E-state index is 13.3. The highest BCUT2D eigenvalue weighted by Gasteiger charge is 2.34. The Hall–Kier alpha value is -2.92. The zero-order valence-corrected chi connectivity index (χ0v) is 20.7. The lowest BCUT2D eigenvalue weighted by Gasteiger charge is -2.37. The summed E-state index contributed by atoms with van der Waals surface area (Å²) in [5.41, 5.74) is 4.25. The van der Waals surface area contributed by atoms with Gasteiger partial charge in [-0.25, -0.2) is 4.79 Å². The number of rotatable bonds is 7. The summed E-state index contributed by atoms with van der Waals surface area (Å²) >= 11 is 6.15. The standard InChI is InChI=1S/C28H31ClN2O3/c1-4-28(2,3)19-13-14-24-21(15-19)26(20-10-6-8-12-23(20)31-24)27(33)34-17-25(32)30-16-18-9-5-7-11-22(18)29/h5-12,19H,4,13-17H2,1-3H3,(H,30,32). The van der Waals surface area contributed by atoms with Crippen molar-refractivity contribution in [2.75, 3.05) is 6.61 Å². The van der Waals surface area contributed by atoms with Gasteiger partial charge < -0.3 is 10.1 Å². The Morgan fingerprint density at radius 2 is 1.88 bits per heavy atom. The molecule has 0 aliphatic heterocycles. The number of carbonyl (C=O) groups excluding carboxylic acids is 2. The number of pyridine rings is 1. The summed E-state index contributed by atoms with van der Waals surface area (Å²) in [4.78, 5) is 30.6. The molecule has 2 aromatic carbocycles. The minimum Gasteiger partial charge on any atom is -0.452 e. The number of benzene rings is 2. The van der Waals surface area contributed by atoms with Crippen LogP contribution in [0.15, 0.2) is 48.5 Å². The monoisotopic (exact) mass is 478 g/mol. The van der Waals surface area contributed by atoms with Gasteiger partial charge in [-0.15, -0.1) is 0 Å². The van der Waals surface area contributed by atoms with Gasteiger partial charge in [-0.3, -0.25) is 9.78 Å². The van der Waals surface area contributed by atoms with E-state index in [1.807, 2.05) is 42.5 Å². The molecule has 0 radical (unpaired) electrons. The third kappa shape index (κ3) is 5.10. The van der Waals surface area contributed by atoms with Crippen LogP contribution >= 0.6 is 11.6 Å². The van der Waals surface area contributed by atoms with Gasteiger partial charge in [0, 0.05) is 22.6 Å². The number of nitrogens with one attached hydrogen (secondary N) is 1. The number of fused-ring (bicyclic) bond motifs is 2. The van der Waals surface area contributed by atoms with E-state index in [1.54, 1.807) is 6.07 Å². The van der Waals surface area contributed by atoms with Crippen molar-refractivity contribution in [2.45, 2.75) is 53.0 Å². The van der Waals surface area contributed by atoms with Crippen LogP contribution in [0.4, 0.5) is 0 Å². The van der Waals surface area contributed by atoms with Crippen molar-refractivity contribution in [1.29, 1.82) is 0 Å². The van der Waals surface area contributed by atoms with Crippen LogP contribution in [0.3, 0.4) is 0 Å². The van der Waals surface area contributed by atoms with Gasteiger partial charge in [0.25, 0.3) is 5.91 Å². The van der Waals surface area contributed by atoms with Crippen LogP contribution < -0.4 is 5.32 Å². The molecule has 1 atom stereocenters. The van der Waals surface area contributed by atoms with Crippen molar-refractivity contribution >= 4 is 34.4 Å². The first-order chi connectivity index (χ1) is 16.3. The maximum Gasteiger partial charge on any atom is 0.339 e. The summed E-state index contributed by atoms with van der Waals surface area (Å²) in [6.07, 6.45) is 3.75. The van der Waals surface area contributed by atoms with Gasteiger partial charge in [0.1, 0.15) is 0 Å². The molecule has 4 rings (SSSR count). The first kappa shape index (κ1) is 24.2. The van der Waals surface area contributed by atoms with E-state index in [9.17, 15) is 9.59 Å². The smallest absolute Gasteiger partial charge is 0.339 e. The fourth-order valence-corrected chi connectivity index (χ4v) is 4.87. The van der Waals surface area contributed by atoms with E-state index in [2.05, 4.69) is 26.1 Å². The SMILES string of the molecule is CCC(C)(C)C1CCc2nc3ccccc3c(C(=O)OCC(=O)NCc3ccccc3Cl)c2C1. The van der Waals surface area contributed by atoms with E-state index >= 15 is 0 Å². The maximum atomic E-state index is 13.3. The van der Waals surface area contributed by atoms with E-state index in [0.717, 1.165) is 53.4 Å². The molecule has 0 saturated heterocycles. The Kier molecular flexibility index (Phi) is 7.22. The number of halogens is 1. The fraction of sp³-hybridized carbons (Fsp3) is 0.393. The van der Waals surface area contributed by atoms with Crippen LogP contribution in [0.25, 0.3) is 10.9 Å². The highest BCUT2D eigenvalue weighted by atomic mass is 35.5. The molecule has 3 aromatic rings. The fourth-order valence-electron chi connectivity index (χ4n) is 4.67. The van der Waals surface area contributed by atoms with E-state index in [0.29, 0.717) is 16.5 Å². The molecule has 1 aromatic heterocycles. The van der Waals surface area contributed by atoms with Gasteiger partial charge in [0.2, 0.25) is 0 Å². The Bertz CT molecular complexity index is 1220. The highest BCUT2D eigenvalue weighted by Crippen LogP contribution is 2.41. The van der Waals surface area contributed by atoms with Gasteiger partial charge in [-0.05, 0) is 53.9 Å². The lowest BCUT2D eigenvalue weighted by molar-refractivity contribution is -0.124. The summed E-state index contributed by atoms with van der Waals surface area (Å²) < 4.78 is 5.52. The zero-order valence-electron chi connectivity index (χ0n) is 20.0. The number of aromatic nitrogens is 1. The molecular weight excluding hydrogens is 448 g/mol. The van der Waals surface area contributed by atoms with Gasteiger partial charge in [0.05, 0.1) is 11.1 Å². The van der Waals surface area contributed by atoms with Crippen LogP contribution in [0.2, 0.25) is 5.02 Å². The van der Waals surface area contributed by atoms with Gasteiger partial charge in [-0.1, -0.05) is 75.2 Å². The summed E-state index contributed by atoms with van der Waals surface area (Å²) in [7, 11) is 0. The average molecular weight is 479 g/mol. The summed E-state index contributed by atoms with van der Waals surface area (Å²) in [5, 5.41) is 4.13. The Morgan fingerprint density at radius 3 is 2.65 bits per heavy atom. The molecule has 5 nitrogen and oxygen atoms in total. The summed E-state index contributed by atoms with van der Waals surface area (Å²) in [5.74, 6) is -0.387. The summed E-state index contributed by atoms with van der Waals surface area (Å²) in [6, 6.07) is 15.0. The number of carbonyl (C=O) groups is 2. The Balaban J connectivity index is 1.54. The van der Waals surface area contributed by atoms with Gasteiger partial charge in [0.15, 0.2) is 6.61 Å². The minimum absolute atomic E-state index is 0.170. The number of hydrogen-bond acceptors (Lipinski definition) is 4. The second kappa shape index (κ2) is 10.1. The molecule has 178 valence electrons. The minimum atomic E-state index is -0.474. The molecule has 1 unspecified atom stereocenters. The predicted octanol–water partition coefficient (Wildman–Crippen LogP) is 5.90. The van der Waals surface area contributed by atoms with E-state index in [-0.39, 0.29) is 24.5 Å². The Morgan fingerprint density at radius 1 is 1.15 bits per heavy atom. The lowest BCUT2D eigenvalue weighted by Crippen LogP contribution is -2.31. The molecule has 1 aliphatic carbocycles. The molecule has 6 heteroatoms. The van der Waals surface area contributed by atoms with Crippen molar-refractivity contribution in [3.8, 4) is 0 Å². The number of ether oxygens (including phenoxy) is 1. The molecule has 0 saturated carbocycles. The molecule has 0 bridgehead atoms. The molecular formula is C28H31ClN2O3. The second-order valence-corrected chi connectivity index (χ2v) is 10.1. The number of amides is 1. The topological polar surface area (TPSA) is 68.3 Å².